The van der Waals surface area contributed by atoms with Crippen molar-refractivity contribution in [1.82, 2.24) is 0 Å². The summed E-state index contributed by atoms with van der Waals surface area (Å²) in [5.41, 5.74) is 6.57. The van der Waals surface area contributed by atoms with E-state index in [0.717, 1.165) is 25.7 Å². The molecule has 0 heterocycles. The van der Waals surface area contributed by atoms with E-state index < -0.39 is 0 Å². The van der Waals surface area contributed by atoms with Gasteiger partial charge in [0.15, 0.2) is 0 Å². The summed E-state index contributed by atoms with van der Waals surface area (Å²) in [4.78, 5) is 24.0. The number of rotatable bonds is 6. The van der Waals surface area contributed by atoms with Gasteiger partial charge < -0.3 is 21.1 Å². The van der Waals surface area contributed by atoms with E-state index in [4.69, 9.17) is 10.5 Å². The van der Waals surface area contributed by atoms with Crippen LogP contribution in [0.1, 0.15) is 38.5 Å². The lowest BCUT2D eigenvalue weighted by atomic mass is 9.88. The maximum atomic E-state index is 12.3. The fourth-order valence-corrected chi connectivity index (χ4v) is 2.84. The van der Waals surface area contributed by atoms with Gasteiger partial charge >= 0.3 is 0 Å². The van der Waals surface area contributed by atoms with Gasteiger partial charge in [-0.15, -0.1) is 0 Å². The van der Waals surface area contributed by atoms with Gasteiger partial charge in [0.25, 0.3) is 0 Å². The van der Waals surface area contributed by atoms with Crippen molar-refractivity contribution < 1.29 is 14.3 Å². The number of amides is 2. The SMILES string of the molecule is COc1ccc(NC(=O)C2CCCCC2)cc1NC(=O)CCN. The molecule has 2 rings (SSSR count). The first-order valence-corrected chi connectivity index (χ1v) is 8.13. The number of ether oxygens (including phenoxy) is 1. The van der Waals surface area contributed by atoms with Crippen molar-refractivity contribution in [3.8, 4) is 5.75 Å². The van der Waals surface area contributed by atoms with E-state index in [1.165, 1.54) is 13.5 Å². The third kappa shape index (κ3) is 4.96. The van der Waals surface area contributed by atoms with E-state index in [-0.39, 0.29) is 30.7 Å². The zero-order valence-electron chi connectivity index (χ0n) is 13.6. The summed E-state index contributed by atoms with van der Waals surface area (Å²) in [6, 6.07) is 5.22. The highest BCUT2D eigenvalue weighted by atomic mass is 16.5. The Morgan fingerprint density at radius 3 is 2.61 bits per heavy atom. The molecule has 1 aromatic rings. The maximum absolute atomic E-state index is 12.3. The van der Waals surface area contributed by atoms with Gasteiger partial charge in [0.1, 0.15) is 5.75 Å². The number of anilines is 2. The topological polar surface area (TPSA) is 93.5 Å². The number of benzene rings is 1. The van der Waals surface area contributed by atoms with E-state index in [1.807, 2.05) is 0 Å². The number of carbonyl (C=O) groups is 2. The second-order valence-corrected chi connectivity index (χ2v) is 5.83. The molecule has 2 amide bonds. The molecule has 1 aliphatic carbocycles. The van der Waals surface area contributed by atoms with Gasteiger partial charge in [-0.3, -0.25) is 9.59 Å². The number of hydrogen-bond donors (Lipinski definition) is 3. The van der Waals surface area contributed by atoms with E-state index in [1.54, 1.807) is 18.2 Å². The summed E-state index contributed by atoms with van der Waals surface area (Å²) in [6.07, 6.45) is 5.57. The van der Waals surface area contributed by atoms with Crippen molar-refractivity contribution >= 4 is 23.2 Å². The van der Waals surface area contributed by atoms with E-state index >= 15 is 0 Å². The van der Waals surface area contributed by atoms with Crippen molar-refractivity contribution in [1.29, 1.82) is 0 Å². The monoisotopic (exact) mass is 319 g/mol. The molecule has 0 radical (unpaired) electrons. The molecule has 0 atom stereocenters. The van der Waals surface area contributed by atoms with Crippen LogP contribution in [0.4, 0.5) is 11.4 Å². The molecule has 1 saturated carbocycles. The summed E-state index contributed by atoms with van der Waals surface area (Å²) in [7, 11) is 1.54. The van der Waals surface area contributed by atoms with Gasteiger partial charge in [-0.2, -0.15) is 0 Å². The van der Waals surface area contributed by atoms with Crippen molar-refractivity contribution in [3.05, 3.63) is 18.2 Å². The predicted octanol–water partition coefficient (Wildman–Crippen LogP) is 2.50. The third-order valence-electron chi connectivity index (χ3n) is 4.09. The first-order chi connectivity index (χ1) is 11.1. The lowest BCUT2D eigenvalue weighted by Crippen LogP contribution is -2.24. The average molecular weight is 319 g/mol. The Balaban J connectivity index is 2.06. The molecular weight excluding hydrogens is 294 g/mol. The molecule has 6 nitrogen and oxygen atoms in total. The third-order valence-corrected chi connectivity index (χ3v) is 4.09. The Bertz CT molecular complexity index is 554. The minimum atomic E-state index is -0.179. The second-order valence-electron chi connectivity index (χ2n) is 5.83. The zero-order valence-corrected chi connectivity index (χ0v) is 13.6. The molecule has 0 unspecified atom stereocenters. The number of carbonyl (C=O) groups excluding carboxylic acids is 2. The van der Waals surface area contributed by atoms with Crippen LogP contribution >= 0.6 is 0 Å². The van der Waals surface area contributed by atoms with Gasteiger partial charge in [0.05, 0.1) is 12.8 Å². The first kappa shape index (κ1) is 17.3. The zero-order chi connectivity index (χ0) is 16.7. The van der Waals surface area contributed by atoms with Crippen molar-refractivity contribution in [2.75, 3.05) is 24.3 Å². The summed E-state index contributed by atoms with van der Waals surface area (Å²) in [6.45, 7) is 0.284. The average Bonchev–Trinajstić information content (AvgIpc) is 2.56. The molecule has 23 heavy (non-hydrogen) atoms. The molecule has 0 saturated heterocycles. The number of methoxy groups -OCH3 is 1. The Kier molecular flexibility index (Phi) is 6.40. The lowest BCUT2D eigenvalue weighted by molar-refractivity contribution is -0.120. The molecule has 6 heteroatoms. The van der Waals surface area contributed by atoms with Gasteiger partial charge in [0.2, 0.25) is 11.8 Å². The number of hydrogen-bond acceptors (Lipinski definition) is 4. The molecular formula is C17H25N3O3. The summed E-state index contributed by atoms with van der Waals surface area (Å²) >= 11 is 0. The van der Waals surface area contributed by atoms with Gasteiger partial charge in [-0.1, -0.05) is 19.3 Å². The van der Waals surface area contributed by atoms with E-state index in [2.05, 4.69) is 10.6 Å². The summed E-state index contributed by atoms with van der Waals surface area (Å²) < 4.78 is 5.24. The fourth-order valence-electron chi connectivity index (χ4n) is 2.84. The van der Waals surface area contributed by atoms with Crippen molar-refractivity contribution in [2.45, 2.75) is 38.5 Å². The molecule has 126 valence electrons. The molecule has 1 aromatic carbocycles. The predicted molar refractivity (Wildman–Crippen MR) is 90.5 cm³/mol. The standard InChI is InChI=1S/C17H25N3O3/c1-23-15-8-7-13(11-14(15)20-16(21)9-10-18)19-17(22)12-5-3-2-4-6-12/h7-8,11-12H,2-6,9-10,18H2,1H3,(H,19,22)(H,20,21). The van der Waals surface area contributed by atoms with Crippen LogP contribution in [-0.4, -0.2) is 25.5 Å². The van der Waals surface area contributed by atoms with E-state index in [0.29, 0.717) is 17.1 Å². The molecule has 1 aliphatic rings. The smallest absolute Gasteiger partial charge is 0.227 e. The van der Waals surface area contributed by atoms with Crippen molar-refractivity contribution in [2.24, 2.45) is 11.7 Å². The Morgan fingerprint density at radius 2 is 1.96 bits per heavy atom. The summed E-state index contributed by atoms with van der Waals surface area (Å²) in [5, 5.41) is 5.70. The van der Waals surface area contributed by atoms with Gasteiger partial charge in [-0.05, 0) is 31.0 Å². The minimum absolute atomic E-state index is 0.0501. The molecule has 0 spiro atoms. The van der Waals surface area contributed by atoms with E-state index in [9.17, 15) is 9.59 Å². The van der Waals surface area contributed by atoms with Crippen LogP contribution < -0.4 is 21.1 Å². The van der Waals surface area contributed by atoms with Crippen LogP contribution in [0.15, 0.2) is 18.2 Å². The second kappa shape index (κ2) is 8.53. The van der Waals surface area contributed by atoms with Crippen LogP contribution in [0.25, 0.3) is 0 Å². The quantitative estimate of drug-likeness (QED) is 0.751. The molecule has 0 bridgehead atoms. The lowest BCUT2D eigenvalue weighted by Gasteiger charge is -2.21. The molecule has 0 aliphatic heterocycles. The van der Waals surface area contributed by atoms with Crippen molar-refractivity contribution in [3.63, 3.8) is 0 Å². The van der Waals surface area contributed by atoms with Crippen LogP contribution in [0.3, 0.4) is 0 Å². The highest BCUT2D eigenvalue weighted by Crippen LogP contribution is 2.29. The number of nitrogens with one attached hydrogen (secondary N) is 2. The van der Waals surface area contributed by atoms with Crippen LogP contribution in [0.2, 0.25) is 0 Å². The molecule has 4 N–H and O–H groups in total. The normalized spacial score (nSPS) is 15.0. The van der Waals surface area contributed by atoms with Crippen LogP contribution in [-0.2, 0) is 9.59 Å². The number of nitrogens with two attached hydrogens (primary N) is 1. The minimum Gasteiger partial charge on any atom is -0.495 e. The highest BCUT2D eigenvalue weighted by molar-refractivity contribution is 5.96. The summed E-state index contributed by atoms with van der Waals surface area (Å²) in [5.74, 6) is 0.503. The Morgan fingerprint density at radius 1 is 1.22 bits per heavy atom. The fraction of sp³-hybridized carbons (Fsp3) is 0.529. The van der Waals surface area contributed by atoms with Crippen LogP contribution in [0.5, 0.6) is 5.75 Å². The maximum Gasteiger partial charge on any atom is 0.227 e. The Hall–Kier alpha value is -2.08. The first-order valence-electron chi connectivity index (χ1n) is 8.13. The van der Waals surface area contributed by atoms with Gasteiger partial charge in [0, 0.05) is 24.6 Å². The molecule has 0 aromatic heterocycles. The largest absolute Gasteiger partial charge is 0.495 e. The Labute approximate surface area is 136 Å². The molecule has 1 fully saturated rings. The van der Waals surface area contributed by atoms with Gasteiger partial charge in [-0.25, -0.2) is 0 Å². The highest BCUT2D eigenvalue weighted by Gasteiger charge is 2.21. The van der Waals surface area contributed by atoms with Crippen LogP contribution in [0, 0.1) is 5.92 Å².